The van der Waals surface area contributed by atoms with Gasteiger partial charge in [0.1, 0.15) is 6.04 Å². The molecule has 0 aromatic rings. The van der Waals surface area contributed by atoms with Gasteiger partial charge in [-0.25, -0.2) is 0 Å². The summed E-state index contributed by atoms with van der Waals surface area (Å²) in [7, 11) is 3.80. The molecule has 1 fully saturated rings. The lowest BCUT2D eigenvalue weighted by Gasteiger charge is -2.34. The predicted octanol–water partition coefficient (Wildman–Crippen LogP) is 0.343. The first-order chi connectivity index (χ1) is 6.11. The third-order valence-electron chi connectivity index (χ3n) is 2.14. The first kappa shape index (κ1) is 12.4. The molecule has 1 heterocycles. The number of carbonyl (C=O) groups is 1. The first-order valence-electron chi connectivity index (χ1n) is 4.73. The number of aliphatic carboxylic acids is 1. The molecule has 1 N–H and O–H groups in total. The molecular formula is C9H20N2O2. The molecule has 0 radical (unpaired) electrons. The molecule has 1 aliphatic rings. The zero-order valence-electron chi connectivity index (χ0n) is 8.95. The van der Waals surface area contributed by atoms with Crippen LogP contribution < -0.4 is 0 Å². The maximum Gasteiger partial charge on any atom is 0.322 e. The number of hydrogen-bond acceptors (Lipinski definition) is 3. The van der Waals surface area contributed by atoms with E-state index in [1.165, 1.54) is 0 Å². The smallest absolute Gasteiger partial charge is 0.322 e. The number of carboxylic acid groups (broad SMARTS) is 1. The van der Waals surface area contributed by atoms with Crippen LogP contribution in [0.15, 0.2) is 0 Å². The van der Waals surface area contributed by atoms with E-state index in [2.05, 4.69) is 0 Å². The predicted molar refractivity (Wildman–Crippen MR) is 52.9 cm³/mol. The highest BCUT2D eigenvalue weighted by Crippen LogP contribution is 2.05. The lowest BCUT2D eigenvalue weighted by atomic mass is 10.2. The van der Waals surface area contributed by atoms with Crippen molar-refractivity contribution in [1.29, 1.82) is 0 Å². The molecule has 13 heavy (non-hydrogen) atoms. The number of nitrogens with zero attached hydrogens (tertiary/aromatic N) is 2. The molecule has 4 nitrogen and oxygen atoms in total. The van der Waals surface area contributed by atoms with Gasteiger partial charge in [-0.05, 0) is 14.1 Å². The normalized spacial score (nSPS) is 24.8. The summed E-state index contributed by atoms with van der Waals surface area (Å²) in [4.78, 5) is 14.6. The van der Waals surface area contributed by atoms with Crippen molar-refractivity contribution >= 4 is 5.97 Å². The van der Waals surface area contributed by atoms with Crippen LogP contribution in [0.3, 0.4) is 0 Å². The highest BCUT2D eigenvalue weighted by atomic mass is 16.4. The van der Waals surface area contributed by atoms with Gasteiger partial charge in [-0.3, -0.25) is 9.69 Å². The highest BCUT2D eigenvalue weighted by Gasteiger charge is 2.27. The van der Waals surface area contributed by atoms with Crippen molar-refractivity contribution in [2.24, 2.45) is 0 Å². The zero-order chi connectivity index (χ0) is 10.4. The minimum absolute atomic E-state index is 0.325. The molecule has 1 aliphatic heterocycles. The summed E-state index contributed by atoms with van der Waals surface area (Å²) in [6.07, 6.45) is 0. The Morgan fingerprint density at radius 3 is 2.23 bits per heavy atom. The van der Waals surface area contributed by atoms with Crippen molar-refractivity contribution in [1.82, 2.24) is 9.80 Å². The molecule has 0 amide bonds. The summed E-state index contributed by atoms with van der Waals surface area (Å²) in [5, 5.41) is 8.76. The lowest BCUT2D eigenvalue weighted by Crippen LogP contribution is -2.53. The summed E-state index contributed by atoms with van der Waals surface area (Å²) in [5.41, 5.74) is 0. The van der Waals surface area contributed by atoms with Gasteiger partial charge >= 0.3 is 5.97 Å². The molecule has 1 rings (SSSR count). The number of rotatable bonds is 1. The highest BCUT2D eigenvalue weighted by molar-refractivity contribution is 5.73. The van der Waals surface area contributed by atoms with Crippen molar-refractivity contribution in [2.75, 3.05) is 33.7 Å². The van der Waals surface area contributed by atoms with E-state index in [1.54, 1.807) is 0 Å². The van der Waals surface area contributed by atoms with Gasteiger partial charge in [-0.2, -0.15) is 0 Å². The summed E-state index contributed by atoms with van der Waals surface area (Å²) < 4.78 is 0. The molecule has 0 spiro atoms. The first-order valence-corrected chi connectivity index (χ1v) is 4.73. The van der Waals surface area contributed by atoms with Crippen LogP contribution in [0.25, 0.3) is 0 Å². The maximum absolute atomic E-state index is 10.6. The van der Waals surface area contributed by atoms with E-state index < -0.39 is 5.97 Å². The Morgan fingerprint density at radius 1 is 1.31 bits per heavy atom. The molecule has 0 bridgehead atoms. The molecule has 0 aromatic heterocycles. The van der Waals surface area contributed by atoms with Crippen LogP contribution in [-0.2, 0) is 4.79 Å². The molecule has 0 aliphatic carbocycles. The van der Waals surface area contributed by atoms with Crippen LogP contribution >= 0.6 is 0 Å². The van der Waals surface area contributed by atoms with E-state index in [9.17, 15) is 4.79 Å². The van der Waals surface area contributed by atoms with Crippen LogP contribution in [-0.4, -0.2) is 60.6 Å². The van der Waals surface area contributed by atoms with Crippen LogP contribution in [0.5, 0.6) is 0 Å². The Kier molecular flexibility index (Phi) is 5.66. The number of carboxylic acids is 1. The fourth-order valence-electron chi connectivity index (χ4n) is 1.28. The van der Waals surface area contributed by atoms with Gasteiger partial charge in [0.15, 0.2) is 0 Å². The molecule has 78 valence electrons. The minimum atomic E-state index is -0.723. The second-order valence-electron chi connectivity index (χ2n) is 3.10. The van der Waals surface area contributed by atoms with Crippen LogP contribution in [0, 0.1) is 0 Å². The van der Waals surface area contributed by atoms with Crippen molar-refractivity contribution < 1.29 is 9.90 Å². The van der Waals surface area contributed by atoms with Crippen molar-refractivity contribution in [3.63, 3.8) is 0 Å². The Balaban J connectivity index is 0.000000671. The van der Waals surface area contributed by atoms with Crippen molar-refractivity contribution in [3.05, 3.63) is 0 Å². The molecule has 0 aromatic carbocycles. The zero-order valence-corrected chi connectivity index (χ0v) is 8.95. The quantitative estimate of drug-likeness (QED) is 0.644. The van der Waals surface area contributed by atoms with Crippen LogP contribution in [0.4, 0.5) is 0 Å². The topological polar surface area (TPSA) is 43.8 Å². The Morgan fingerprint density at radius 2 is 1.85 bits per heavy atom. The molecule has 1 atom stereocenters. The van der Waals surface area contributed by atoms with Crippen LogP contribution in [0.2, 0.25) is 0 Å². The second-order valence-corrected chi connectivity index (χ2v) is 3.10. The fourth-order valence-corrected chi connectivity index (χ4v) is 1.28. The van der Waals surface area contributed by atoms with E-state index >= 15 is 0 Å². The largest absolute Gasteiger partial charge is 0.480 e. The fraction of sp³-hybridized carbons (Fsp3) is 0.889. The van der Waals surface area contributed by atoms with E-state index in [0.717, 1.165) is 13.1 Å². The average molecular weight is 188 g/mol. The van der Waals surface area contributed by atoms with Gasteiger partial charge in [0, 0.05) is 19.6 Å². The summed E-state index contributed by atoms with van der Waals surface area (Å²) >= 11 is 0. The van der Waals surface area contributed by atoms with Crippen molar-refractivity contribution in [3.8, 4) is 0 Å². The van der Waals surface area contributed by atoms with Gasteiger partial charge in [0.25, 0.3) is 0 Å². The number of likely N-dealkylation sites (N-methyl/N-ethyl adjacent to an activating group) is 2. The number of hydrogen-bond donors (Lipinski definition) is 1. The second kappa shape index (κ2) is 5.94. The maximum atomic E-state index is 10.6. The Hall–Kier alpha value is -0.610. The Bertz CT molecular complexity index is 162. The van der Waals surface area contributed by atoms with Crippen LogP contribution in [0.1, 0.15) is 13.8 Å². The SMILES string of the molecule is CC.CN1CCN(C)C(C(=O)O)C1. The molecular weight excluding hydrogens is 168 g/mol. The average Bonchev–Trinajstić information content (AvgIpc) is 2.12. The molecule has 1 unspecified atom stereocenters. The lowest BCUT2D eigenvalue weighted by molar-refractivity contribution is -0.144. The summed E-state index contributed by atoms with van der Waals surface area (Å²) in [6.45, 7) is 6.43. The van der Waals surface area contributed by atoms with E-state index in [-0.39, 0.29) is 6.04 Å². The Labute approximate surface area is 80.1 Å². The number of piperazine rings is 1. The van der Waals surface area contributed by atoms with E-state index in [1.807, 2.05) is 37.7 Å². The van der Waals surface area contributed by atoms with Crippen molar-refractivity contribution in [2.45, 2.75) is 19.9 Å². The van der Waals surface area contributed by atoms with E-state index in [4.69, 9.17) is 5.11 Å². The van der Waals surface area contributed by atoms with Gasteiger partial charge in [-0.1, -0.05) is 13.8 Å². The van der Waals surface area contributed by atoms with Gasteiger partial charge in [0.2, 0.25) is 0 Å². The van der Waals surface area contributed by atoms with Gasteiger partial charge in [-0.15, -0.1) is 0 Å². The summed E-state index contributed by atoms with van der Waals surface area (Å²) in [6, 6.07) is -0.325. The standard InChI is InChI=1S/C7H14N2O2.C2H6/c1-8-3-4-9(2)6(5-8)7(10)11;1-2/h6H,3-5H2,1-2H3,(H,10,11);1-2H3. The molecule has 0 saturated carbocycles. The summed E-state index contributed by atoms with van der Waals surface area (Å²) in [5.74, 6) is -0.723. The van der Waals surface area contributed by atoms with Gasteiger partial charge < -0.3 is 10.0 Å². The molecule has 4 heteroatoms. The van der Waals surface area contributed by atoms with Gasteiger partial charge in [0.05, 0.1) is 0 Å². The minimum Gasteiger partial charge on any atom is -0.480 e. The monoisotopic (exact) mass is 188 g/mol. The van der Waals surface area contributed by atoms with E-state index in [0.29, 0.717) is 6.54 Å². The third kappa shape index (κ3) is 3.74. The third-order valence-corrected chi connectivity index (χ3v) is 2.14. The molecule has 1 saturated heterocycles.